The molecule has 60 heavy (non-hydrogen) atoms. The molecule has 10 fully saturated rings. The van der Waals surface area contributed by atoms with Crippen LogP contribution in [0.25, 0.3) is 0 Å². The predicted octanol–water partition coefficient (Wildman–Crippen LogP) is 9.54. The van der Waals surface area contributed by atoms with E-state index in [4.69, 9.17) is 33.8 Å². The van der Waals surface area contributed by atoms with E-state index in [0.29, 0.717) is 37.0 Å². The molecule has 2 spiro atoms. The summed E-state index contributed by atoms with van der Waals surface area (Å²) in [5, 5.41) is 23.5. The second-order valence-electron chi connectivity index (χ2n) is 20.6. The first-order valence-electron chi connectivity index (χ1n) is 22.4. The minimum atomic E-state index is -0.923. The molecule has 1 aromatic rings. The molecule has 0 aromatic heterocycles. The molecule has 0 amide bonds. The van der Waals surface area contributed by atoms with E-state index in [0.717, 1.165) is 74.6 Å². The summed E-state index contributed by atoms with van der Waals surface area (Å²) in [6.07, 6.45) is 7.95. The molecule has 17 atom stereocenters. The molecule has 10 aliphatic rings. The van der Waals surface area contributed by atoms with Crippen molar-refractivity contribution in [2.45, 2.75) is 166 Å². The first-order valence-corrected chi connectivity index (χ1v) is 22.4. The highest BCUT2D eigenvalue weighted by Crippen LogP contribution is 2.63. The molecule has 1 aromatic carbocycles. The van der Waals surface area contributed by atoms with Crippen LogP contribution < -0.4 is 0 Å². The summed E-state index contributed by atoms with van der Waals surface area (Å²) < 4.78 is 20.8. The van der Waals surface area contributed by atoms with Crippen LogP contribution in [0.1, 0.15) is 129 Å². The van der Waals surface area contributed by atoms with Gasteiger partial charge in [0.25, 0.3) is 0 Å². The summed E-state index contributed by atoms with van der Waals surface area (Å²) in [6.45, 7) is 22.4. The van der Waals surface area contributed by atoms with Crippen LogP contribution in [0.3, 0.4) is 0 Å². The molecule has 3 saturated carbocycles. The number of benzene rings is 1. The van der Waals surface area contributed by atoms with Crippen LogP contribution >= 0.6 is 0 Å². The van der Waals surface area contributed by atoms with Crippen LogP contribution in [-0.2, 0) is 33.8 Å². The molecule has 4 bridgehead atoms. The Labute approximate surface area is 352 Å². The van der Waals surface area contributed by atoms with E-state index < -0.39 is 61.8 Å². The van der Waals surface area contributed by atoms with E-state index in [-0.39, 0.29) is 59.9 Å². The third-order valence-corrected chi connectivity index (χ3v) is 17.1. The van der Waals surface area contributed by atoms with Gasteiger partial charge in [0.05, 0.1) is 28.2 Å². The first-order chi connectivity index (χ1) is 28.4. The van der Waals surface area contributed by atoms with E-state index in [9.17, 15) is 25.0 Å². The number of ether oxygens (including phenoxy) is 3. The number of hydrogen-bond acceptors (Lipinski definition) is 12. The van der Waals surface area contributed by atoms with Crippen molar-refractivity contribution < 1.29 is 48.4 Å². The molecular formula is C46H62N2O12. The van der Waals surface area contributed by atoms with Crippen LogP contribution in [0, 0.1) is 73.5 Å². The van der Waals surface area contributed by atoms with Crippen LogP contribution in [0.2, 0.25) is 0 Å². The predicted molar refractivity (Wildman–Crippen MR) is 217 cm³/mol. The highest BCUT2D eigenvalue weighted by atomic mass is 17.3. The van der Waals surface area contributed by atoms with Crippen LogP contribution in [0.4, 0.5) is 11.4 Å². The maximum Gasteiger partial charge on any atom is 0.346 e. The Balaban J connectivity index is 1.00. The van der Waals surface area contributed by atoms with Crippen LogP contribution in [0.5, 0.6) is 0 Å². The van der Waals surface area contributed by atoms with Gasteiger partial charge in [-0.25, -0.2) is 19.6 Å². The van der Waals surface area contributed by atoms with Gasteiger partial charge in [0, 0.05) is 48.8 Å². The molecule has 0 radical (unpaired) electrons. The number of nitro benzene ring substituents is 2. The van der Waals surface area contributed by atoms with Crippen LogP contribution in [0.15, 0.2) is 42.5 Å². The molecule has 11 rings (SSSR count). The fraction of sp³-hybridized carbons (Fsp3) is 0.761. The maximum absolute atomic E-state index is 14.3. The van der Waals surface area contributed by atoms with E-state index in [2.05, 4.69) is 47.8 Å². The van der Waals surface area contributed by atoms with E-state index in [1.54, 1.807) is 0 Å². The molecule has 14 heteroatoms. The Morgan fingerprint density at radius 2 is 1.33 bits per heavy atom. The summed E-state index contributed by atoms with van der Waals surface area (Å²) in [7, 11) is 0. The maximum atomic E-state index is 14.3. The summed E-state index contributed by atoms with van der Waals surface area (Å²) in [6, 6.07) is 3.33. The normalized spacial score (nSPS) is 45.6. The Morgan fingerprint density at radius 3 is 1.98 bits per heavy atom. The Morgan fingerprint density at radius 1 is 0.750 bits per heavy atom. The number of ketones is 1. The fourth-order valence-electron chi connectivity index (χ4n) is 13.7. The second-order valence-corrected chi connectivity index (χ2v) is 20.6. The van der Waals surface area contributed by atoms with E-state index in [1.807, 2.05) is 6.92 Å². The fourth-order valence-corrected chi connectivity index (χ4v) is 13.7. The lowest BCUT2D eigenvalue weighted by molar-refractivity contribution is -0.571. The SMILES string of the molecule is C=C(C[C@H]1OC2O[C@]3(C)CC[C@H]4[C@H](C)CC[C@@H]([C@H]1C)[C@@]24OO3)C(CC(=O)c1ccc([N+](=O)[O-])c([N+](=O)[O-])c1)C(=C)C[C@H]1O[C@@H]2C[C@]3(C)CC[C@H]4[C@H](C)CC[C@@H]([C@H]1C)[C@@]24OO3. The number of Topliss-reactive ketones (excluding diaryl/α,β-unsaturated/α-hetero) is 1. The highest BCUT2D eigenvalue weighted by Gasteiger charge is 2.70. The molecule has 2 unspecified atom stereocenters. The monoisotopic (exact) mass is 834 g/mol. The summed E-state index contributed by atoms with van der Waals surface area (Å²) in [5.74, 6) is 0.0649. The number of nitrogens with zero attached hydrogens (tertiary/aromatic N) is 2. The van der Waals surface area contributed by atoms with E-state index in [1.165, 1.54) is 6.07 Å². The zero-order chi connectivity index (χ0) is 42.7. The van der Waals surface area contributed by atoms with Crippen molar-refractivity contribution in [3.05, 3.63) is 68.3 Å². The van der Waals surface area contributed by atoms with Crippen molar-refractivity contribution in [2.24, 2.45) is 53.3 Å². The number of carbonyl (C=O) groups excluding carboxylic acids is 1. The van der Waals surface area contributed by atoms with Gasteiger partial charge in [-0.15, -0.1) is 0 Å². The molecule has 0 N–H and O–H groups in total. The van der Waals surface area contributed by atoms with Gasteiger partial charge in [0.15, 0.2) is 17.7 Å². The lowest BCUT2D eigenvalue weighted by atomic mass is 9.55. The number of nitro groups is 2. The molecule has 7 aliphatic heterocycles. The van der Waals surface area contributed by atoms with Gasteiger partial charge in [-0.05, 0) is 119 Å². The topological polar surface area (TPSA) is 168 Å². The summed E-state index contributed by atoms with van der Waals surface area (Å²) in [5.41, 5.74) is -1.52. The largest absolute Gasteiger partial charge is 0.371 e. The Bertz CT molecular complexity index is 1870. The van der Waals surface area contributed by atoms with Crippen molar-refractivity contribution >= 4 is 17.2 Å². The number of carbonyl (C=O) groups is 1. The van der Waals surface area contributed by atoms with Crippen molar-refractivity contribution in [1.29, 1.82) is 0 Å². The molecule has 7 heterocycles. The number of rotatable bonds is 11. The standard InChI is InChI=1S/C46H62N2O12/c1-24-9-12-34-28(5)39(54-41-23-43(7)17-15-32(24)45(34,41)59-57-43)19-26(3)31(22-38(49)30-11-14-36(47(50)51)37(21-30)48(52)53)27(4)20-40-29(6)35-13-10-25(2)33-16-18-44(8)56-42(55-40)46(33,35)60-58-44/h11,14,21,24-25,28-29,31-35,39-42H,3-4,9-10,12-13,15-20,22-23H2,1-2,5-8H3/t24-,25-,28-,29-,31?,32+,33+,34+,35+,39-,40-,41-,42?,43+,44+,45-,46-/m1/s1. The average molecular weight is 835 g/mol. The van der Waals surface area contributed by atoms with Gasteiger partial charge in [-0.3, -0.25) is 25.0 Å². The molecular weight excluding hydrogens is 773 g/mol. The van der Waals surface area contributed by atoms with Crippen LogP contribution in [-0.4, -0.2) is 62.8 Å². The molecule has 14 nitrogen and oxygen atoms in total. The quantitative estimate of drug-likeness (QED) is 0.0682. The minimum absolute atomic E-state index is 0.0178. The first kappa shape index (κ1) is 42.2. The number of fused-ring (bicyclic) bond motifs is 4. The molecule has 7 saturated heterocycles. The zero-order valence-corrected chi connectivity index (χ0v) is 35.9. The minimum Gasteiger partial charge on any atom is -0.371 e. The van der Waals surface area contributed by atoms with Crippen molar-refractivity contribution in [3.63, 3.8) is 0 Å². The van der Waals surface area contributed by atoms with E-state index >= 15 is 0 Å². The van der Waals surface area contributed by atoms with Gasteiger partial charge in [-0.1, -0.05) is 52.0 Å². The lowest BCUT2D eigenvalue weighted by Gasteiger charge is -2.61. The zero-order valence-electron chi connectivity index (χ0n) is 35.9. The number of hydrogen-bond donors (Lipinski definition) is 0. The molecule has 3 aliphatic carbocycles. The van der Waals surface area contributed by atoms with Gasteiger partial charge in [0.2, 0.25) is 5.79 Å². The molecule has 328 valence electrons. The van der Waals surface area contributed by atoms with Crippen molar-refractivity contribution in [2.75, 3.05) is 0 Å². The second kappa shape index (κ2) is 15.0. The third-order valence-electron chi connectivity index (χ3n) is 17.1. The Kier molecular flexibility index (Phi) is 10.6. The average Bonchev–Trinajstić information content (AvgIpc) is 3.58. The van der Waals surface area contributed by atoms with Gasteiger partial charge in [0.1, 0.15) is 11.2 Å². The highest BCUT2D eigenvalue weighted by molar-refractivity contribution is 5.97. The smallest absolute Gasteiger partial charge is 0.346 e. The van der Waals surface area contributed by atoms with Crippen molar-refractivity contribution in [1.82, 2.24) is 0 Å². The van der Waals surface area contributed by atoms with Gasteiger partial charge >= 0.3 is 11.4 Å². The summed E-state index contributed by atoms with van der Waals surface area (Å²) >= 11 is 0. The summed E-state index contributed by atoms with van der Waals surface area (Å²) in [4.78, 5) is 61.3. The van der Waals surface area contributed by atoms with Gasteiger partial charge in [-0.2, -0.15) is 0 Å². The third kappa shape index (κ3) is 6.56. The van der Waals surface area contributed by atoms with Crippen molar-refractivity contribution in [3.8, 4) is 0 Å². The Hall–Kier alpha value is -3.11. The lowest BCUT2D eigenvalue weighted by Crippen LogP contribution is -2.70. The van der Waals surface area contributed by atoms with Gasteiger partial charge < -0.3 is 14.2 Å².